The zero-order chi connectivity index (χ0) is 9.94. The van der Waals surface area contributed by atoms with Crippen molar-refractivity contribution in [3.63, 3.8) is 0 Å². The summed E-state index contributed by atoms with van der Waals surface area (Å²) in [5, 5.41) is 0. The number of carbonyl (C=O) groups is 1. The molecule has 78 valence electrons. The first kappa shape index (κ1) is 13.0. The van der Waals surface area contributed by atoms with E-state index in [1.54, 1.807) is 0 Å². The molecule has 0 unspecified atom stereocenters. The summed E-state index contributed by atoms with van der Waals surface area (Å²) in [7, 11) is 0. The largest absolute Gasteiger partial charge is 0.300 e. The van der Waals surface area contributed by atoms with Gasteiger partial charge in [-0.2, -0.15) is 0 Å². The van der Waals surface area contributed by atoms with E-state index in [4.69, 9.17) is 11.6 Å². The van der Waals surface area contributed by atoms with Crippen LogP contribution >= 0.6 is 11.6 Å². The van der Waals surface area contributed by atoms with E-state index in [0.29, 0.717) is 18.1 Å². The van der Waals surface area contributed by atoms with Crippen molar-refractivity contribution in [2.75, 3.05) is 5.88 Å². The molecule has 0 saturated carbocycles. The van der Waals surface area contributed by atoms with E-state index < -0.39 is 0 Å². The number of unbranched alkanes of at least 4 members (excludes halogenated alkanes) is 5. The van der Waals surface area contributed by atoms with Crippen LogP contribution in [-0.4, -0.2) is 11.7 Å². The third-order valence-corrected chi connectivity index (χ3v) is 2.37. The average Bonchev–Trinajstić information content (AvgIpc) is 2.11. The fraction of sp³-hybridized carbons (Fsp3) is 0.909. The number of halogens is 1. The van der Waals surface area contributed by atoms with Crippen LogP contribution in [0, 0.1) is 0 Å². The number of Topliss-reactive ketones (excluding diaryl/α,β-unsaturated/α-hetero) is 1. The third-order valence-electron chi connectivity index (χ3n) is 2.18. The van der Waals surface area contributed by atoms with Crippen molar-refractivity contribution < 1.29 is 4.79 Å². The van der Waals surface area contributed by atoms with Crippen molar-refractivity contribution in [3.05, 3.63) is 0 Å². The van der Waals surface area contributed by atoms with Crippen molar-refractivity contribution in [3.8, 4) is 0 Å². The molecule has 0 fully saturated rings. The Bertz CT molecular complexity index is 123. The van der Waals surface area contributed by atoms with Crippen LogP contribution in [0.1, 0.15) is 58.3 Å². The molecule has 0 bridgehead atoms. The topological polar surface area (TPSA) is 17.1 Å². The van der Waals surface area contributed by atoms with Crippen molar-refractivity contribution in [1.29, 1.82) is 0 Å². The molecule has 0 aromatic carbocycles. The summed E-state index contributed by atoms with van der Waals surface area (Å²) in [4.78, 5) is 11.0. The minimum atomic E-state index is 0.325. The van der Waals surface area contributed by atoms with E-state index in [-0.39, 0.29) is 0 Å². The Kier molecular flexibility index (Phi) is 10.0. The van der Waals surface area contributed by atoms with Gasteiger partial charge in [-0.1, -0.05) is 39.0 Å². The van der Waals surface area contributed by atoms with Crippen LogP contribution < -0.4 is 0 Å². The molecule has 0 saturated heterocycles. The SMILES string of the molecule is CCCCCCCCC(=O)CCCl. The van der Waals surface area contributed by atoms with Gasteiger partial charge < -0.3 is 0 Å². The predicted octanol–water partition coefficient (Wildman–Crippen LogP) is 3.94. The lowest BCUT2D eigenvalue weighted by molar-refractivity contribution is -0.118. The lowest BCUT2D eigenvalue weighted by Crippen LogP contribution is -1.97. The molecule has 1 nitrogen and oxygen atoms in total. The highest BCUT2D eigenvalue weighted by Crippen LogP contribution is 2.07. The average molecular weight is 205 g/mol. The summed E-state index contributed by atoms with van der Waals surface area (Å²) in [6.45, 7) is 2.21. The van der Waals surface area contributed by atoms with Gasteiger partial charge in [0.1, 0.15) is 5.78 Å². The van der Waals surface area contributed by atoms with Gasteiger partial charge in [-0.3, -0.25) is 4.79 Å². The van der Waals surface area contributed by atoms with Crippen molar-refractivity contribution in [1.82, 2.24) is 0 Å². The smallest absolute Gasteiger partial charge is 0.134 e. The van der Waals surface area contributed by atoms with Gasteiger partial charge in [0.2, 0.25) is 0 Å². The van der Waals surface area contributed by atoms with E-state index >= 15 is 0 Å². The minimum absolute atomic E-state index is 0.325. The summed E-state index contributed by atoms with van der Waals surface area (Å²) in [5.41, 5.74) is 0. The highest BCUT2D eigenvalue weighted by atomic mass is 35.5. The molecule has 0 aliphatic rings. The van der Waals surface area contributed by atoms with Gasteiger partial charge in [0.05, 0.1) is 0 Å². The fourth-order valence-corrected chi connectivity index (χ4v) is 1.54. The van der Waals surface area contributed by atoms with Gasteiger partial charge in [-0.05, 0) is 6.42 Å². The van der Waals surface area contributed by atoms with Crippen LogP contribution in [0.3, 0.4) is 0 Å². The maximum absolute atomic E-state index is 11.0. The van der Waals surface area contributed by atoms with Crippen LogP contribution in [0.5, 0.6) is 0 Å². The first-order chi connectivity index (χ1) is 6.31. The molecule has 0 rings (SSSR count). The van der Waals surface area contributed by atoms with E-state index in [1.807, 2.05) is 0 Å². The highest BCUT2D eigenvalue weighted by molar-refractivity contribution is 6.19. The molecule has 0 aromatic rings. The second-order valence-electron chi connectivity index (χ2n) is 3.50. The van der Waals surface area contributed by atoms with Crippen LogP contribution in [0.4, 0.5) is 0 Å². The fourth-order valence-electron chi connectivity index (χ4n) is 1.33. The Labute approximate surface area is 86.9 Å². The molecule has 0 N–H and O–H groups in total. The Hall–Kier alpha value is -0.0400. The Balaban J connectivity index is 3.02. The second kappa shape index (κ2) is 10.0. The summed E-state index contributed by atoms with van der Waals surface area (Å²) in [6, 6.07) is 0. The van der Waals surface area contributed by atoms with Gasteiger partial charge >= 0.3 is 0 Å². The summed E-state index contributed by atoms with van der Waals surface area (Å²) >= 11 is 5.46. The van der Waals surface area contributed by atoms with Gasteiger partial charge in [0.15, 0.2) is 0 Å². The molecule has 2 heteroatoms. The summed E-state index contributed by atoms with van der Waals surface area (Å²) in [5.74, 6) is 0.805. The molecule has 0 aromatic heterocycles. The Morgan fingerprint density at radius 2 is 1.62 bits per heavy atom. The third kappa shape index (κ3) is 9.88. The lowest BCUT2D eigenvalue weighted by atomic mass is 10.1. The van der Waals surface area contributed by atoms with Crippen molar-refractivity contribution >= 4 is 17.4 Å². The number of hydrogen-bond donors (Lipinski definition) is 0. The van der Waals surface area contributed by atoms with E-state index in [1.165, 1.54) is 32.1 Å². The molecule has 13 heavy (non-hydrogen) atoms. The van der Waals surface area contributed by atoms with E-state index in [2.05, 4.69) is 6.92 Å². The van der Waals surface area contributed by atoms with Gasteiger partial charge in [0, 0.05) is 18.7 Å². The molecule has 0 radical (unpaired) electrons. The molecule has 0 heterocycles. The molecular weight excluding hydrogens is 184 g/mol. The highest BCUT2D eigenvalue weighted by Gasteiger charge is 1.99. The van der Waals surface area contributed by atoms with E-state index in [9.17, 15) is 4.79 Å². The van der Waals surface area contributed by atoms with Gasteiger partial charge in [0.25, 0.3) is 0 Å². The van der Waals surface area contributed by atoms with Gasteiger partial charge in [-0.15, -0.1) is 11.6 Å². The molecule has 0 aliphatic carbocycles. The summed E-state index contributed by atoms with van der Waals surface area (Å²) in [6.07, 6.45) is 8.76. The Morgan fingerprint density at radius 1 is 1.00 bits per heavy atom. The van der Waals surface area contributed by atoms with Crippen molar-refractivity contribution in [2.24, 2.45) is 0 Å². The monoisotopic (exact) mass is 204 g/mol. The van der Waals surface area contributed by atoms with Crippen LogP contribution in [0.2, 0.25) is 0 Å². The van der Waals surface area contributed by atoms with Crippen molar-refractivity contribution in [2.45, 2.75) is 58.3 Å². The van der Waals surface area contributed by atoms with E-state index in [0.717, 1.165) is 12.8 Å². The lowest BCUT2D eigenvalue weighted by Gasteiger charge is -1.99. The molecule has 0 atom stereocenters. The first-order valence-corrected chi connectivity index (χ1v) is 5.92. The zero-order valence-electron chi connectivity index (χ0n) is 8.65. The standard InChI is InChI=1S/C11H21ClO/c1-2-3-4-5-6-7-8-11(13)9-10-12/h2-10H2,1H3. The second-order valence-corrected chi connectivity index (χ2v) is 3.87. The number of carbonyl (C=O) groups excluding carboxylic acids is 1. The minimum Gasteiger partial charge on any atom is -0.300 e. The number of ketones is 1. The van der Waals surface area contributed by atoms with Crippen LogP contribution in [0.25, 0.3) is 0 Å². The van der Waals surface area contributed by atoms with Crippen LogP contribution in [0.15, 0.2) is 0 Å². The molecule has 0 amide bonds. The Morgan fingerprint density at radius 3 is 2.23 bits per heavy atom. The predicted molar refractivity (Wildman–Crippen MR) is 58.3 cm³/mol. The number of hydrogen-bond acceptors (Lipinski definition) is 1. The zero-order valence-corrected chi connectivity index (χ0v) is 9.41. The summed E-state index contributed by atoms with van der Waals surface area (Å²) < 4.78 is 0. The quantitative estimate of drug-likeness (QED) is 0.411. The van der Waals surface area contributed by atoms with Crippen LogP contribution in [-0.2, 0) is 4.79 Å². The first-order valence-electron chi connectivity index (χ1n) is 5.39. The van der Waals surface area contributed by atoms with Gasteiger partial charge in [-0.25, -0.2) is 0 Å². The number of alkyl halides is 1. The maximum atomic E-state index is 11.0. The molecular formula is C11H21ClO. The maximum Gasteiger partial charge on any atom is 0.134 e. The molecule has 0 aliphatic heterocycles. The number of rotatable bonds is 9. The molecule has 0 spiro atoms. The normalized spacial score (nSPS) is 10.3.